The van der Waals surface area contributed by atoms with Crippen molar-refractivity contribution in [3.8, 4) is 0 Å². The van der Waals surface area contributed by atoms with E-state index in [1.165, 1.54) is 23.2 Å². The highest BCUT2D eigenvalue weighted by Crippen LogP contribution is 2.02. The number of carbonyl (C=O) groups excluding carboxylic acids is 1. The molecule has 1 atom stereocenters. The Hall–Kier alpha value is -1.45. The van der Waals surface area contributed by atoms with Crippen LogP contribution in [0.4, 0.5) is 0 Å². The molecule has 0 aliphatic heterocycles. The summed E-state index contributed by atoms with van der Waals surface area (Å²) in [6.45, 7) is 3.94. The molecule has 0 aliphatic rings. The van der Waals surface area contributed by atoms with Crippen molar-refractivity contribution in [1.29, 1.82) is 0 Å². The molecule has 1 rings (SSSR count). The van der Waals surface area contributed by atoms with Gasteiger partial charge in [-0.2, -0.15) is 0 Å². The summed E-state index contributed by atoms with van der Waals surface area (Å²) in [6.07, 6.45) is 3.61. The lowest BCUT2D eigenvalue weighted by Gasteiger charge is -2.08. The van der Waals surface area contributed by atoms with Gasteiger partial charge in [-0.1, -0.05) is 13.8 Å². The van der Waals surface area contributed by atoms with E-state index in [0.717, 1.165) is 6.42 Å². The van der Waals surface area contributed by atoms with Crippen molar-refractivity contribution in [1.82, 2.24) is 9.55 Å². The molecule has 14 heavy (non-hydrogen) atoms. The molecule has 0 amide bonds. The largest absolute Gasteiger partial charge is 0.297 e. The first-order valence-electron chi connectivity index (χ1n) is 4.68. The highest BCUT2D eigenvalue weighted by Gasteiger charge is 2.11. The van der Waals surface area contributed by atoms with Crippen LogP contribution in [0.3, 0.4) is 0 Å². The predicted octanol–water partition coefficient (Wildman–Crippen LogP) is 0.858. The monoisotopic (exact) mass is 194 g/mol. The number of rotatable bonds is 4. The molecule has 0 bridgehead atoms. The minimum atomic E-state index is -0.184. The van der Waals surface area contributed by atoms with Crippen LogP contribution in [0.15, 0.2) is 23.4 Å². The van der Waals surface area contributed by atoms with Crippen molar-refractivity contribution in [2.45, 2.75) is 26.8 Å². The van der Waals surface area contributed by atoms with Gasteiger partial charge in [0, 0.05) is 18.2 Å². The van der Waals surface area contributed by atoms with Crippen molar-refractivity contribution < 1.29 is 4.79 Å². The molecule has 76 valence electrons. The molecule has 0 radical (unpaired) electrons. The molecule has 0 spiro atoms. The minimum absolute atomic E-state index is 0.00195. The van der Waals surface area contributed by atoms with Crippen molar-refractivity contribution in [3.63, 3.8) is 0 Å². The Morgan fingerprint density at radius 3 is 2.93 bits per heavy atom. The zero-order valence-electron chi connectivity index (χ0n) is 8.43. The van der Waals surface area contributed by atoms with Crippen LogP contribution in [0.2, 0.25) is 0 Å². The quantitative estimate of drug-likeness (QED) is 0.714. The summed E-state index contributed by atoms with van der Waals surface area (Å²) in [7, 11) is 0. The van der Waals surface area contributed by atoms with Crippen LogP contribution >= 0.6 is 0 Å². The fourth-order valence-electron chi connectivity index (χ4n) is 1.05. The van der Waals surface area contributed by atoms with E-state index < -0.39 is 0 Å². The zero-order chi connectivity index (χ0) is 10.6. The third-order valence-electron chi connectivity index (χ3n) is 2.28. The Morgan fingerprint density at radius 2 is 2.36 bits per heavy atom. The van der Waals surface area contributed by atoms with E-state index in [1.54, 1.807) is 0 Å². The summed E-state index contributed by atoms with van der Waals surface area (Å²) in [6, 6.07) is 1.35. The number of hydrogen-bond donors (Lipinski definition) is 0. The van der Waals surface area contributed by atoms with Crippen molar-refractivity contribution in [3.05, 3.63) is 28.9 Å². The Morgan fingerprint density at radius 1 is 1.64 bits per heavy atom. The van der Waals surface area contributed by atoms with Gasteiger partial charge in [-0.25, -0.2) is 4.98 Å². The van der Waals surface area contributed by atoms with Gasteiger partial charge < -0.3 is 0 Å². The van der Waals surface area contributed by atoms with Gasteiger partial charge in [-0.05, 0) is 6.42 Å². The normalized spacial score (nSPS) is 12.4. The highest BCUT2D eigenvalue weighted by molar-refractivity contribution is 5.80. The summed E-state index contributed by atoms with van der Waals surface area (Å²) < 4.78 is 1.33. The van der Waals surface area contributed by atoms with Crippen LogP contribution in [-0.2, 0) is 11.3 Å². The molecule has 1 unspecified atom stereocenters. The minimum Gasteiger partial charge on any atom is -0.297 e. The fourth-order valence-corrected chi connectivity index (χ4v) is 1.05. The lowest BCUT2D eigenvalue weighted by atomic mass is 10.0. The smallest absolute Gasteiger partial charge is 0.253 e. The number of aromatic nitrogens is 2. The molecular formula is C10H14N2O2. The van der Waals surface area contributed by atoms with Gasteiger partial charge in [0.2, 0.25) is 0 Å². The Bertz CT molecular complexity index is 370. The topological polar surface area (TPSA) is 52.0 Å². The van der Waals surface area contributed by atoms with Crippen LogP contribution in [0.25, 0.3) is 0 Å². The van der Waals surface area contributed by atoms with Gasteiger partial charge in [-0.3, -0.25) is 14.2 Å². The fraction of sp³-hybridized carbons (Fsp3) is 0.500. The van der Waals surface area contributed by atoms with Crippen LogP contribution in [-0.4, -0.2) is 15.3 Å². The van der Waals surface area contributed by atoms with Crippen LogP contribution in [0.5, 0.6) is 0 Å². The average molecular weight is 194 g/mol. The molecule has 1 aromatic rings. The maximum absolute atomic E-state index is 11.5. The van der Waals surface area contributed by atoms with E-state index >= 15 is 0 Å². The average Bonchev–Trinajstić information content (AvgIpc) is 2.20. The third kappa shape index (κ3) is 2.52. The Balaban J connectivity index is 2.75. The maximum Gasteiger partial charge on any atom is 0.253 e. The molecule has 1 aromatic heterocycles. The van der Waals surface area contributed by atoms with Gasteiger partial charge in [0.1, 0.15) is 0 Å². The summed E-state index contributed by atoms with van der Waals surface area (Å²) >= 11 is 0. The number of carbonyl (C=O) groups is 1. The number of nitrogens with zero attached hydrogens (tertiary/aromatic N) is 2. The summed E-state index contributed by atoms with van der Waals surface area (Å²) in [5, 5.41) is 0. The van der Waals surface area contributed by atoms with Gasteiger partial charge >= 0.3 is 0 Å². The summed E-state index contributed by atoms with van der Waals surface area (Å²) in [5.41, 5.74) is -0.184. The van der Waals surface area contributed by atoms with Gasteiger partial charge in [0.05, 0.1) is 12.9 Å². The molecule has 0 aliphatic carbocycles. The Labute approximate surface area is 82.6 Å². The number of Topliss-reactive ketones (excluding diaryl/α,β-unsaturated/α-hetero) is 1. The number of ketones is 1. The van der Waals surface area contributed by atoms with E-state index in [4.69, 9.17) is 0 Å². The first-order chi connectivity index (χ1) is 6.65. The van der Waals surface area contributed by atoms with E-state index in [0.29, 0.717) is 0 Å². The number of hydrogen-bond acceptors (Lipinski definition) is 3. The van der Waals surface area contributed by atoms with Crippen molar-refractivity contribution >= 4 is 5.78 Å². The highest BCUT2D eigenvalue weighted by atomic mass is 16.1. The second kappa shape index (κ2) is 4.69. The van der Waals surface area contributed by atoms with E-state index in [9.17, 15) is 9.59 Å². The summed E-state index contributed by atoms with van der Waals surface area (Å²) in [5.74, 6) is 0.0738. The summed E-state index contributed by atoms with van der Waals surface area (Å²) in [4.78, 5) is 26.5. The molecule has 0 fully saturated rings. The lowest BCUT2D eigenvalue weighted by Crippen LogP contribution is -2.26. The first kappa shape index (κ1) is 10.6. The van der Waals surface area contributed by atoms with E-state index in [1.807, 2.05) is 13.8 Å². The van der Waals surface area contributed by atoms with Crippen molar-refractivity contribution in [2.24, 2.45) is 5.92 Å². The van der Waals surface area contributed by atoms with Crippen molar-refractivity contribution in [2.75, 3.05) is 0 Å². The third-order valence-corrected chi connectivity index (χ3v) is 2.28. The van der Waals surface area contributed by atoms with E-state index in [2.05, 4.69) is 4.98 Å². The molecular weight excluding hydrogens is 180 g/mol. The second-order valence-electron chi connectivity index (χ2n) is 3.32. The Kier molecular flexibility index (Phi) is 3.56. The molecule has 0 N–H and O–H groups in total. The standard InChI is InChI=1S/C10H14N2O2/c1-3-8(2)9(13)6-12-7-11-5-4-10(12)14/h4-5,7-8H,3,6H2,1-2H3. The SMILES string of the molecule is CCC(C)C(=O)Cn1cnccc1=O. The first-order valence-corrected chi connectivity index (χ1v) is 4.68. The molecule has 1 heterocycles. The predicted molar refractivity (Wildman–Crippen MR) is 53.0 cm³/mol. The van der Waals surface area contributed by atoms with Gasteiger partial charge in [-0.15, -0.1) is 0 Å². The van der Waals surface area contributed by atoms with Crippen LogP contribution in [0.1, 0.15) is 20.3 Å². The molecule has 4 nitrogen and oxygen atoms in total. The maximum atomic E-state index is 11.5. The van der Waals surface area contributed by atoms with E-state index in [-0.39, 0.29) is 23.8 Å². The second-order valence-corrected chi connectivity index (χ2v) is 3.32. The molecule has 0 saturated carbocycles. The van der Waals surface area contributed by atoms with Gasteiger partial charge in [0.25, 0.3) is 5.56 Å². The van der Waals surface area contributed by atoms with Gasteiger partial charge in [0.15, 0.2) is 5.78 Å². The molecule has 0 aromatic carbocycles. The molecule has 4 heteroatoms. The molecule has 0 saturated heterocycles. The lowest BCUT2D eigenvalue weighted by molar-refractivity contribution is -0.123. The zero-order valence-corrected chi connectivity index (χ0v) is 8.43. The van der Waals surface area contributed by atoms with Crippen LogP contribution in [0, 0.1) is 5.92 Å². The van der Waals surface area contributed by atoms with Crippen LogP contribution < -0.4 is 5.56 Å².